The molecule has 1 saturated heterocycles. The molecule has 1 heterocycles. The second-order valence-corrected chi connectivity index (χ2v) is 7.30. The molecule has 1 aromatic carbocycles. The van der Waals surface area contributed by atoms with Crippen LogP contribution in [0.5, 0.6) is 5.75 Å². The first-order valence-electron chi connectivity index (χ1n) is 10.8. The SMILES string of the molecule is CCNC(=NCC(=O)NCCOC)NCC(c1ccc(OC)cc1)N1CCCCC1.I. The van der Waals surface area contributed by atoms with Crippen LogP contribution in [-0.2, 0) is 9.53 Å². The van der Waals surface area contributed by atoms with E-state index in [4.69, 9.17) is 9.47 Å². The monoisotopic (exact) mass is 547 g/mol. The molecular weight excluding hydrogens is 509 g/mol. The Morgan fingerprint density at radius 1 is 1.10 bits per heavy atom. The zero-order valence-corrected chi connectivity index (χ0v) is 21.3. The fraction of sp³-hybridized carbons (Fsp3) is 0.636. The molecule has 1 fully saturated rings. The van der Waals surface area contributed by atoms with Crippen LogP contribution in [0.3, 0.4) is 0 Å². The summed E-state index contributed by atoms with van der Waals surface area (Å²) in [6.07, 6.45) is 3.74. The molecule has 0 aliphatic carbocycles. The smallest absolute Gasteiger partial charge is 0.241 e. The molecule has 1 atom stereocenters. The summed E-state index contributed by atoms with van der Waals surface area (Å²) in [5.41, 5.74) is 1.25. The van der Waals surface area contributed by atoms with Gasteiger partial charge >= 0.3 is 0 Å². The number of amides is 1. The van der Waals surface area contributed by atoms with Gasteiger partial charge in [0.15, 0.2) is 5.96 Å². The van der Waals surface area contributed by atoms with Crippen molar-refractivity contribution in [3.63, 3.8) is 0 Å². The molecule has 0 aromatic heterocycles. The minimum atomic E-state index is -0.119. The van der Waals surface area contributed by atoms with Crippen molar-refractivity contribution in [2.75, 3.05) is 60.1 Å². The van der Waals surface area contributed by atoms with Gasteiger partial charge in [0.05, 0.1) is 19.8 Å². The van der Waals surface area contributed by atoms with E-state index in [1.165, 1.54) is 24.8 Å². The molecule has 2 rings (SSSR count). The standard InChI is InChI=1S/C22H37N5O3.HI/c1-4-23-22(26-17-21(28)24-12-15-29-2)25-16-20(27-13-6-5-7-14-27)18-8-10-19(30-3)11-9-18;/h8-11,20H,4-7,12-17H2,1-3H3,(H,24,28)(H2,23,25,26);1H. The molecule has 3 N–H and O–H groups in total. The summed E-state index contributed by atoms with van der Waals surface area (Å²) in [6.45, 7) is 6.70. The average Bonchev–Trinajstić information content (AvgIpc) is 2.79. The molecule has 1 unspecified atom stereocenters. The number of carbonyl (C=O) groups is 1. The van der Waals surface area contributed by atoms with Gasteiger partial charge in [-0.15, -0.1) is 24.0 Å². The minimum Gasteiger partial charge on any atom is -0.497 e. The van der Waals surface area contributed by atoms with Gasteiger partial charge in [0.1, 0.15) is 12.3 Å². The number of nitrogens with zero attached hydrogens (tertiary/aromatic N) is 2. The van der Waals surface area contributed by atoms with Crippen molar-refractivity contribution in [3.8, 4) is 5.75 Å². The van der Waals surface area contributed by atoms with Crippen LogP contribution in [0.25, 0.3) is 0 Å². The zero-order valence-electron chi connectivity index (χ0n) is 19.0. The van der Waals surface area contributed by atoms with E-state index >= 15 is 0 Å². The predicted octanol–water partition coefficient (Wildman–Crippen LogP) is 2.16. The number of methoxy groups -OCH3 is 2. The second-order valence-electron chi connectivity index (χ2n) is 7.30. The Kier molecular flexibility index (Phi) is 14.3. The van der Waals surface area contributed by atoms with Crippen LogP contribution in [0.4, 0.5) is 0 Å². The van der Waals surface area contributed by atoms with E-state index in [0.717, 1.165) is 25.4 Å². The lowest BCUT2D eigenvalue weighted by Crippen LogP contribution is -2.45. The van der Waals surface area contributed by atoms with Crippen molar-refractivity contribution in [3.05, 3.63) is 29.8 Å². The lowest BCUT2D eigenvalue weighted by molar-refractivity contribution is -0.119. The molecule has 9 heteroatoms. The maximum absolute atomic E-state index is 11.9. The first-order valence-corrected chi connectivity index (χ1v) is 10.8. The van der Waals surface area contributed by atoms with Crippen LogP contribution in [0.15, 0.2) is 29.3 Å². The minimum absolute atomic E-state index is 0. The number of halogens is 1. The van der Waals surface area contributed by atoms with Crippen molar-refractivity contribution in [1.82, 2.24) is 20.9 Å². The highest BCUT2D eigenvalue weighted by Gasteiger charge is 2.22. The molecule has 1 amide bonds. The highest BCUT2D eigenvalue weighted by Crippen LogP contribution is 2.25. The van der Waals surface area contributed by atoms with Crippen molar-refractivity contribution < 1.29 is 14.3 Å². The Balaban J connectivity index is 0.00000480. The molecule has 176 valence electrons. The van der Waals surface area contributed by atoms with Crippen molar-refractivity contribution in [2.45, 2.75) is 32.2 Å². The van der Waals surface area contributed by atoms with Gasteiger partial charge in [-0.05, 0) is 50.6 Å². The first-order chi connectivity index (χ1) is 14.7. The van der Waals surface area contributed by atoms with Crippen LogP contribution in [0, 0.1) is 0 Å². The molecule has 1 aliphatic rings. The topological polar surface area (TPSA) is 87.2 Å². The normalized spacial score (nSPS) is 15.5. The summed E-state index contributed by atoms with van der Waals surface area (Å²) in [7, 11) is 3.29. The number of guanidine groups is 1. The molecule has 0 spiro atoms. The summed E-state index contributed by atoms with van der Waals surface area (Å²) < 4.78 is 10.3. The molecule has 0 radical (unpaired) electrons. The number of benzene rings is 1. The van der Waals surface area contributed by atoms with Gasteiger partial charge in [-0.1, -0.05) is 18.6 Å². The van der Waals surface area contributed by atoms with E-state index in [0.29, 0.717) is 25.7 Å². The van der Waals surface area contributed by atoms with Gasteiger partial charge in [0.25, 0.3) is 0 Å². The third-order valence-electron chi connectivity index (χ3n) is 5.15. The van der Waals surface area contributed by atoms with E-state index in [2.05, 4.69) is 38.0 Å². The van der Waals surface area contributed by atoms with Crippen LogP contribution in [0.2, 0.25) is 0 Å². The summed E-state index contributed by atoms with van der Waals surface area (Å²) in [4.78, 5) is 18.9. The number of aliphatic imine (C=N–C) groups is 1. The highest BCUT2D eigenvalue weighted by atomic mass is 127. The Morgan fingerprint density at radius 3 is 2.42 bits per heavy atom. The largest absolute Gasteiger partial charge is 0.497 e. The van der Waals surface area contributed by atoms with Crippen molar-refractivity contribution in [2.24, 2.45) is 4.99 Å². The number of nitrogens with one attached hydrogen (secondary N) is 3. The molecule has 0 saturated carbocycles. The first kappa shape index (κ1) is 27.4. The number of hydrogen-bond acceptors (Lipinski definition) is 5. The summed E-state index contributed by atoms with van der Waals surface area (Å²) in [5.74, 6) is 1.39. The number of likely N-dealkylation sites (tertiary alicyclic amines) is 1. The fourth-order valence-corrected chi connectivity index (χ4v) is 3.55. The number of carbonyl (C=O) groups excluding carboxylic acids is 1. The molecule has 1 aromatic rings. The molecule has 31 heavy (non-hydrogen) atoms. The van der Waals surface area contributed by atoms with Gasteiger partial charge in [-0.25, -0.2) is 4.99 Å². The lowest BCUT2D eigenvalue weighted by Gasteiger charge is -2.35. The molecule has 0 bridgehead atoms. The van der Waals surface area contributed by atoms with Crippen molar-refractivity contribution >= 4 is 35.8 Å². The quantitative estimate of drug-likeness (QED) is 0.171. The van der Waals surface area contributed by atoms with Gasteiger partial charge in [-0.3, -0.25) is 9.69 Å². The summed E-state index contributed by atoms with van der Waals surface area (Å²) in [6, 6.07) is 8.52. The van der Waals surface area contributed by atoms with Crippen LogP contribution < -0.4 is 20.7 Å². The third kappa shape index (κ3) is 10.0. The van der Waals surface area contributed by atoms with Crippen LogP contribution >= 0.6 is 24.0 Å². The lowest BCUT2D eigenvalue weighted by atomic mass is 10.0. The number of piperidine rings is 1. The Labute approximate surface area is 203 Å². The molecule has 1 aliphatic heterocycles. The predicted molar refractivity (Wildman–Crippen MR) is 135 cm³/mol. The van der Waals surface area contributed by atoms with Crippen LogP contribution in [0.1, 0.15) is 37.8 Å². The van der Waals surface area contributed by atoms with Gasteiger partial charge < -0.3 is 25.4 Å². The van der Waals surface area contributed by atoms with E-state index in [-0.39, 0.29) is 42.5 Å². The third-order valence-corrected chi connectivity index (χ3v) is 5.15. The van der Waals surface area contributed by atoms with Crippen molar-refractivity contribution in [1.29, 1.82) is 0 Å². The maximum atomic E-state index is 11.9. The van der Waals surface area contributed by atoms with E-state index < -0.39 is 0 Å². The Morgan fingerprint density at radius 2 is 1.81 bits per heavy atom. The van der Waals surface area contributed by atoms with E-state index in [1.807, 2.05) is 19.1 Å². The average molecular weight is 547 g/mol. The molecule has 8 nitrogen and oxygen atoms in total. The van der Waals surface area contributed by atoms with Gasteiger partial charge in [0, 0.05) is 26.7 Å². The Hall–Kier alpha value is -1.59. The van der Waals surface area contributed by atoms with E-state index in [9.17, 15) is 4.79 Å². The van der Waals surface area contributed by atoms with Gasteiger partial charge in [0.2, 0.25) is 5.91 Å². The summed E-state index contributed by atoms with van der Waals surface area (Å²) >= 11 is 0. The van der Waals surface area contributed by atoms with E-state index in [1.54, 1.807) is 14.2 Å². The van der Waals surface area contributed by atoms with Gasteiger partial charge in [-0.2, -0.15) is 0 Å². The maximum Gasteiger partial charge on any atom is 0.241 e. The highest BCUT2D eigenvalue weighted by molar-refractivity contribution is 14.0. The second kappa shape index (κ2) is 16.1. The Bertz CT molecular complexity index is 651. The zero-order chi connectivity index (χ0) is 21.6. The number of ether oxygens (including phenoxy) is 2. The number of rotatable bonds is 11. The molecular formula is C22H38IN5O3. The van der Waals surface area contributed by atoms with Crippen LogP contribution in [-0.4, -0.2) is 76.9 Å². The number of hydrogen-bond donors (Lipinski definition) is 3. The summed E-state index contributed by atoms with van der Waals surface area (Å²) in [5, 5.41) is 9.45. The fourth-order valence-electron chi connectivity index (χ4n) is 3.55.